The molecule has 0 saturated carbocycles. The van der Waals surface area contributed by atoms with E-state index in [1.165, 1.54) is 63.1 Å². The average Bonchev–Trinajstić information content (AvgIpc) is 2.98. The Kier molecular flexibility index (Phi) is 7.05. The molecule has 1 aliphatic heterocycles. The molecule has 2 nitrogen and oxygen atoms in total. The number of benzene rings is 4. The van der Waals surface area contributed by atoms with Gasteiger partial charge in [0.25, 0.3) is 0 Å². The van der Waals surface area contributed by atoms with E-state index >= 15 is 0 Å². The van der Waals surface area contributed by atoms with E-state index in [0.29, 0.717) is 6.61 Å². The van der Waals surface area contributed by atoms with Gasteiger partial charge in [0.15, 0.2) is 0 Å². The summed E-state index contributed by atoms with van der Waals surface area (Å²) in [6.45, 7) is 7.51. The van der Waals surface area contributed by atoms with Gasteiger partial charge in [0, 0.05) is 18.8 Å². The molecule has 0 amide bonds. The summed E-state index contributed by atoms with van der Waals surface area (Å²) in [4.78, 5) is 2.55. The first-order chi connectivity index (χ1) is 18.7. The molecule has 4 aromatic carbocycles. The van der Waals surface area contributed by atoms with E-state index in [1.807, 2.05) is 6.07 Å². The highest BCUT2D eigenvalue weighted by Crippen LogP contribution is 2.44. The van der Waals surface area contributed by atoms with Crippen LogP contribution in [0.3, 0.4) is 0 Å². The number of allylic oxidation sites excluding steroid dienone is 1. The van der Waals surface area contributed by atoms with Crippen LogP contribution in [0.1, 0.15) is 59.6 Å². The second-order valence-electron chi connectivity index (χ2n) is 10.9. The highest BCUT2D eigenvalue weighted by Gasteiger charge is 2.24. The number of hydrogen-bond acceptors (Lipinski definition) is 2. The van der Waals surface area contributed by atoms with Gasteiger partial charge in [-0.1, -0.05) is 85.8 Å². The van der Waals surface area contributed by atoms with Crippen LogP contribution in [0.2, 0.25) is 0 Å². The normalized spacial score (nSPS) is 15.9. The molecule has 1 heterocycles. The van der Waals surface area contributed by atoms with Crippen molar-refractivity contribution in [3.05, 3.63) is 130 Å². The third-order valence-corrected chi connectivity index (χ3v) is 8.41. The van der Waals surface area contributed by atoms with E-state index in [-0.39, 0.29) is 0 Å². The summed E-state index contributed by atoms with van der Waals surface area (Å²) in [7, 11) is 0. The maximum atomic E-state index is 6.31. The van der Waals surface area contributed by atoms with E-state index in [1.54, 1.807) is 0 Å². The Balaban J connectivity index is 1.37. The predicted octanol–water partition coefficient (Wildman–Crippen LogP) is 8.72. The molecular weight excluding hydrogens is 462 g/mol. The molecule has 0 aromatic heterocycles. The highest BCUT2D eigenvalue weighted by molar-refractivity contribution is 6.01. The lowest BCUT2D eigenvalue weighted by Crippen LogP contribution is -2.32. The number of anilines is 1. The summed E-state index contributed by atoms with van der Waals surface area (Å²) < 4.78 is 6.31. The molecular formula is C36H37NO. The molecule has 2 heteroatoms. The fourth-order valence-electron chi connectivity index (χ4n) is 6.08. The van der Waals surface area contributed by atoms with Gasteiger partial charge in [0.1, 0.15) is 12.4 Å². The van der Waals surface area contributed by atoms with Gasteiger partial charge in [0.05, 0.1) is 0 Å². The molecule has 0 N–H and O–H groups in total. The number of hydrogen-bond donors (Lipinski definition) is 0. The zero-order valence-electron chi connectivity index (χ0n) is 22.6. The van der Waals surface area contributed by atoms with Gasteiger partial charge < -0.3 is 9.64 Å². The standard InChI is InChI=1S/C36H37NO/c1-26-21-23-37(24-22-26)31-15-13-30(14-16-31)36-33(29-11-7-4-8-12-29)18-17-32-27(2)35(20-19-34(32)36)38-25-28-9-5-3-6-10-28/h3-16,19-20,26H,17-18,21-25H2,1-2H3. The van der Waals surface area contributed by atoms with Crippen LogP contribution in [0.15, 0.2) is 97.1 Å². The van der Waals surface area contributed by atoms with Crippen molar-refractivity contribution in [2.75, 3.05) is 18.0 Å². The van der Waals surface area contributed by atoms with Crippen molar-refractivity contribution in [2.24, 2.45) is 5.92 Å². The molecule has 0 atom stereocenters. The lowest BCUT2D eigenvalue weighted by atomic mass is 9.78. The molecule has 0 radical (unpaired) electrons. The van der Waals surface area contributed by atoms with Crippen molar-refractivity contribution in [1.82, 2.24) is 0 Å². The van der Waals surface area contributed by atoms with Crippen molar-refractivity contribution in [1.29, 1.82) is 0 Å². The third kappa shape index (κ3) is 5.00. The van der Waals surface area contributed by atoms with Crippen molar-refractivity contribution >= 4 is 16.8 Å². The Hall–Kier alpha value is -3.78. The Morgan fingerprint density at radius 1 is 0.737 bits per heavy atom. The SMILES string of the molecule is Cc1c(OCc2ccccc2)ccc2c1CCC(c1ccccc1)=C2c1ccc(N2CCC(C)CC2)cc1. The monoisotopic (exact) mass is 499 g/mol. The van der Waals surface area contributed by atoms with E-state index in [4.69, 9.17) is 4.74 Å². The molecule has 0 bridgehead atoms. The number of rotatable bonds is 6. The summed E-state index contributed by atoms with van der Waals surface area (Å²) in [5, 5.41) is 0. The first kappa shape index (κ1) is 24.6. The predicted molar refractivity (Wildman–Crippen MR) is 160 cm³/mol. The van der Waals surface area contributed by atoms with Crippen molar-refractivity contribution in [3.63, 3.8) is 0 Å². The summed E-state index contributed by atoms with van der Waals surface area (Å²) >= 11 is 0. The van der Waals surface area contributed by atoms with Crippen LogP contribution in [-0.2, 0) is 13.0 Å². The Morgan fingerprint density at radius 2 is 1.42 bits per heavy atom. The number of fused-ring (bicyclic) bond motifs is 1. The average molecular weight is 500 g/mol. The molecule has 38 heavy (non-hydrogen) atoms. The summed E-state index contributed by atoms with van der Waals surface area (Å²) in [5.74, 6) is 1.83. The second kappa shape index (κ2) is 10.9. The molecule has 0 unspecified atom stereocenters. The molecule has 0 spiro atoms. The third-order valence-electron chi connectivity index (χ3n) is 8.41. The van der Waals surface area contributed by atoms with Gasteiger partial charge in [-0.15, -0.1) is 0 Å². The van der Waals surface area contributed by atoms with Crippen molar-refractivity contribution < 1.29 is 4.74 Å². The number of piperidine rings is 1. The maximum Gasteiger partial charge on any atom is 0.123 e. The first-order valence-electron chi connectivity index (χ1n) is 14.1. The molecule has 1 aliphatic carbocycles. The minimum absolute atomic E-state index is 0.592. The summed E-state index contributed by atoms with van der Waals surface area (Å²) in [5.41, 5.74) is 12.0. The number of nitrogens with zero attached hydrogens (tertiary/aromatic N) is 1. The summed E-state index contributed by atoms with van der Waals surface area (Å²) in [6.07, 6.45) is 4.63. The fraction of sp³-hybridized carbons (Fsp3) is 0.278. The van der Waals surface area contributed by atoms with Gasteiger partial charge in [-0.2, -0.15) is 0 Å². The Bertz CT molecular complexity index is 1410. The zero-order chi connectivity index (χ0) is 25.9. The zero-order valence-corrected chi connectivity index (χ0v) is 22.6. The first-order valence-corrected chi connectivity index (χ1v) is 14.1. The minimum Gasteiger partial charge on any atom is -0.489 e. The molecule has 4 aromatic rings. The Morgan fingerprint density at radius 3 is 2.13 bits per heavy atom. The molecule has 1 saturated heterocycles. The summed E-state index contributed by atoms with van der Waals surface area (Å²) in [6, 6.07) is 35.2. The van der Waals surface area contributed by atoms with Crippen molar-refractivity contribution in [3.8, 4) is 5.75 Å². The smallest absolute Gasteiger partial charge is 0.123 e. The minimum atomic E-state index is 0.592. The van der Waals surface area contributed by atoms with Crippen LogP contribution in [0.4, 0.5) is 5.69 Å². The quantitative estimate of drug-likeness (QED) is 0.263. The van der Waals surface area contributed by atoms with Gasteiger partial charge in [-0.05, 0) is 101 Å². The van der Waals surface area contributed by atoms with Crippen LogP contribution in [0.5, 0.6) is 5.75 Å². The largest absolute Gasteiger partial charge is 0.489 e. The van der Waals surface area contributed by atoms with Gasteiger partial charge >= 0.3 is 0 Å². The van der Waals surface area contributed by atoms with Gasteiger partial charge in [-0.25, -0.2) is 0 Å². The van der Waals surface area contributed by atoms with E-state index in [0.717, 1.165) is 37.6 Å². The van der Waals surface area contributed by atoms with Crippen LogP contribution in [0.25, 0.3) is 11.1 Å². The lowest BCUT2D eigenvalue weighted by Gasteiger charge is -2.32. The van der Waals surface area contributed by atoms with Gasteiger partial charge in [-0.3, -0.25) is 0 Å². The van der Waals surface area contributed by atoms with E-state index in [9.17, 15) is 0 Å². The van der Waals surface area contributed by atoms with Crippen LogP contribution in [0, 0.1) is 12.8 Å². The van der Waals surface area contributed by atoms with Crippen LogP contribution < -0.4 is 9.64 Å². The highest BCUT2D eigenvalue weighted by atomic mass is 16.5. The van der Waals surface area contributed by atoms with Crippen molar-refractivity contribution in [2.45, 2.75) is 46.1 Å². The second-order valence-corrected chi connectivity index (χ2v) is 10.9. The van der Waals surface area contributed by atoms with E-state index < -0.39 is 0 Å². The molecule has 6 rings (SSSR count). The molecule has 2 aliphatic rings. The fourth-order valence-corrected chi connectivity index (χ4v) is 6.08. The Labute approximate surface area is 227 Å². The topological polar surface area (TPSA) is 12.5 Å². The van der Waals surface area contributed by atoms with Gasteiger partial charge in [0.2, 0.25) is 0 Å². The maximum absolute atomic E-state index is 6.31. The number of ether oxygens (including phenoxy) is 1. The van der Waals surface area contributed by atoms with Crippen LogP contribution >= 0.6 is 0 Å². The van der Waals surface area contributed by atoms with Crippen LogP contribution in [-0.4, -0.2) is 13.1 Å². The molecule has 192 valence electrons. The molecule has 1 fully saturated rings. The van der Waals surface area contributed by atoms with E-state index in [2.05, 4.69) is 110 Å². The lowest BCUT2D eigenvalue weighted by molar-refractivity contribution is 0.303.